The molecule has 0 amide bonds. The SMILES string of the molecule is CC1CCCC(C)N1CC(O)CON. The van der Waals surface area contributed by atoms with Crippen LogP contribution in [0.3, 0.4) is 0 Å². The minimum Gasteiger partial charge on any atom is -0.389 e. The van der Waals surface area contributed by atoms with E-state index in [0.717, 1.165) is 0 Å². The summed E-state index contributed by atoms with van der Waals surface area (Å²) in [5, 5.41) is 9.59. The quantitative estimate of drug-likeness (QED) is 0.652. The average molecular weight is 202 g/mol. The monoisotopic (exact) mass is 202 g/mol. The van der Waals surface area contributed by atoms with E-state index in [1.165, 1.54) is 19.3 Å². The molecule has 3 atom stereocenters. The number of nitrogens with zero attached hydrogens (tertiary/aromatic N) is 1. The van der Waals surface area contributed by atoms with Crippen LogP contribution in [0.25, 0.3) is 0 Å². The molecule has 0 aromatic heterocycles. The number of aliphatic hydroxyl groups excluding tert-OH is 1. The minimum atomic E-state index is -0.469. The third kappa shape index (κ3) is 3.20. The van der Waals surface area contributed by atoms with Gasteiger partial charge in [-0.3, -0.25) is 4.90 Å². The van der Waals surface area contributed by atoms with Crippen molar-refractivity contribution in [1.29, 1.82) is 0 Å². The van der Waals surface area contributed by atoms with Gasteiger partial charge in [0.1, 0.15) is 0 Å². The lowest BCUT2D eigenvalue weighted by Crippen LogP contribution is -2.48. The van der Waals surface area contributed by atoms with Crippen LogP contribution in [-0.4, -0.2) is 41.3 Å². The maximum Gasteiger partial charge on any atom is 0.0951 e. The molecule has 14 heavy (non-hydrogen) atoms. The van der Waals surface area contributed by atoms with E-state index >= 15 is 0 Å². The Morgan fingerprint density at radius 3 is 2.50 bits per heavy atom. The van der Waals surface area contributed by atoms with Crippen LogP contribution in [0.15, 0.2) is 0 Å². The van der Waals surface area contributed by atoms with Crippen LogP contribution in [0.2, 0.25) is 0 Å². The Kier molecular flexibility index (Phi) is 4.81. The molecule has 1 aliphatic rings. The first-order chi connectivity index (χ1) is 6.65. The largest absolute Gasteiger partial charge is 0.389 e. The molecule has 4 nitrogen and oxygen atoms in total. The van der Waals surface area contributed by atoms with Gasteiger partial charge < -0.3 is 9.94 Å². The van der Waals surface area contributed by atoms with E-state index in [9.17, 15) is 5.11 Å². The number of nitrogens with two attached hydrogens (primary N) is 1. The predicted octanol–water partition coefficient (Wildman–Crippen LogP) is 0.501. The number of rotatable bonds is 4. The molecule has 3 N–H and O–H groups in total. The highest BCUT2D eigenvalue weighted by atomic mass is 16.6. The molecule has 84 valence electrons. The highest BCUT2D eigenvalue weighted by Crippen LogP contribution is 2.22. The van der Waals surface area contributed by atoms with Crippen molar-refractivity contribution in [3.8, 4) is 0 Å². The molecule has 0 bridgehead atoms. The molecule has 1 aliphatic heterocycles. The van der Waals surface area contributed by atoms with Crippen molar-refractivity contribution in [1.82, 2.24) is 4.90 Å². The van der Waals surface area contributed by atoms with Gasteiger partial charge in [-0.1, -0.05) is 6.42 Å². The van der Waals surface area contributed by atoms with Crippen LogP contribution in [0.1, 0.15) is 33.1 Å². The summed E-state index contributed by atoms with van der Waals surface area (Å²) in [7, 11) is 0. The van der Waals surface area contributed by atoms with Gasteiger partial charge in [-0.15, -0.1) is 0 Å². The van der Waals surface area contributed by atoms with E-state index in [1.807, 2.05) is 0 Å². The zero-order chi connectivity index (χ0) is 10.6. The normalized spacial score (nSPS) is 31.7. The third-order valence-corrected chi connectivity index (χ3v) is 3.09. The molecule has 0 spiro atoms. The molecule has 1 heterocycles. The number of β-amino-alcohol motifs (C(OH)–C–C–N with tert-alkyl or cyclic N) is 1. The van der Waals surface area contributed by atoms with Gasteiger partial charge in [-0.05, 0) is 26.7 Å². The van der Waals surface area contributed by atoms with Crippen molar-refractivity contribution in [2.75, 3.05) is 13.2 Å². The number of aliphatic hydroxyl groups is 1. The van der Waals surface area contributed by atoms with Gasteiger partial charge in [0.2, 0.25) is 0 Å². The molecule has 4 heteroatoms. The molecule has 1 rings (SSSR count). The van der Waals surface area contributed by atoms with Crippen molar-refractivity contribution in [3.63, 3.8) is 0 Å². The van der Waals surface area contributed by atoms with Crippen LogP contribution in [0.4, 0.5) is 0 Å². The fraction of sp³-hybridized carbons (Fsp3) is 1.00. The van der Waals surface area contributed by atoms with Gasteiger partial charge >= 0.3 is 0 Å². The van der Waals surface area contributed by atoms with Crippen LogP contribution in [0.5, 0.6) is 0 Å². The standard InChI is InChI=1S/C10H22N2O2/c1-8-4-3-5-9(2)12(8)6-10(13)7-14-11/h8-10,13H,3-7,11H2,1-2H3. The molecule has 0 radical (unpaired) electrons. The summed E-state index contributed by atoms with van der Waals surface area (Å²) in [6.45, 7) is 5.31. The Morgan fingerprint density at radius 1 is 1.43 bits per heavy atom. The molecule has 0 aliphatic carbocycles. The fourth-order valence-corrected chi connectivity index (χ4v) is 2.24. The number of hydrogen-bond acceptors (Lipinski definition) is 4. The highest BCUT2D eigenvalue weighted by molar-refractivity contribution is 4.81. The van der Waals surface area contributed by atoms with Crippen molar-refractivity contribution in [2.45, 2.75) is 51.3 Å². The molecule has 0 aromatic carbocycles. The Labute approximate surface area is 86.0 Å². The van der Waals surface area contributed by atoms with Crippen LogP contribution < -0.4 is 5.90 Å². The lowest BCUT2D eigenvalue weighted by molar-refractivity contribution is -0.00940. The lowest BCUT2D eigenvalue weighted by atomic mass is 9.97. The number of likely N-dealkylation sites (tertiary alicyclic amines) is 1. The van der Waals surface area contributed by atoms with E-state index in [2.05, 4.69) is 23.6 Å². The van der Waals surface area contributed by atoms with Crippen molar-refractivity contribution in [2.24, 2.45) is 5.90 Å². The summed E-state index contributed by atoms with van der Waals surface area (Å²) in [5.74, 6) is 4.93. The van der Waals surface area contributed by atoms with E-state index in [1.54, 1.807) is 0 Å². The smallest absolute Gasteiger partial charge is 0.0951 e. The van der Waals surface area contributed by atoms with E-state index < -0.39 is 6.10 Å². The lowest BCUT2D eigenvalue weighted by Gasteiger charge is -2.39. The van der Waals surface area contributed by atoms with E-state index in [4.69, 9.17) is 5.90 Å². The first-order valence-corrected chi connectivity index (χ1v) is 5.40. The Bertz CT molecular complexity index is 156. The third-order valence-electron chi connectivity index (χ3n) is 3.09. The van der Waals surface area contributed by atoms with Gasteiger partial charge in [0.15, 0.2) is 0 Å². The van der Waals surface area contributed by atoms with Gasteiger partial charge in [-0.25, -0.2) is 5.90 Å². The molecule has 0 aromatic rings. The summed E-state index contributed by atoms with van der Waals surface area (Å²) >= 11 is 0. The Balaban J connectivity index is 2.39. The summed E-state index contributed by atoms with van der Waals surface area (Å²) in [5.41, 5.74) is 0. The Morgan fingerprint density at radius 2 is 2.00 bits per heavy atom. The minimum absolute atomic E-state index is 0.218. The average Bonchev–Trinajstić information content (AvgIpc) is 2.12. The van der Waals surface area contributed by atoms with Crippen LogP contribution in [0, 0.1) is 0 Å². The van der Waals surface area contributed by atoms with Gasteiger partial charge in [0, 0.05) is 18.6 Å². The summed E-state index contributed by atoms with van der Waals surface area (Å²) in [6.07, 6.45) is 3.27. The second-order valence-corrected chi connectivity index (χ2v) is 4.31. The van der Waals surface area contributed by atoms with Gasteiger partial charge in [-0.2, -0.15) is 0 Å². The van der Waals surface area contributed by atoms with Gasteiger partial charge in [0.25, 0.3) is 0 Å². The number of hydrogen-bond donors (Lipinski definition) is 2. The Hall–Kier alpha value is -0.160. The second-order valence-electron chi connectivity index (χ2n) is 4.31. The maximum absolute atomic E-state index is 9.59. The second kappa shape index (κ2) is 5.66. The molecule has 3 unspecified atom stereocenters. The summed E-state index contributed by atoms with van der Waals surface area (Å²) in [6, 6.07) is 1.12. The molecule has 1 saturated heterocycles. The molecular weight excluding hydrogens is 180 g/mol. The molecular formula is C10H22N2O2. The van der Waals surface area contributed by atoms with Crippen molar-refractivity contribution in [3.05, 3.63) is 0 Å². The zero-order valence-electron chi connectivity index (χ0n) is 9.15. The topological polar surface area (TPSA) is 58.7 Å². The van der Waals surface area contributed by atoms with Gasteiger partial charge in [0.05, 0.1) is 12.7 Å². The summed E-state index contributed by atoms with van der Waals surface area (Å²) in [4.78, 5) is 6.78. The molecule has 1 fully saturated rings. The fourth-order valence-electron chi connectivity index (χ4n) is 2.24. The van der Waals surface area contributed by atoms with Crippen molar-refractivity contribution < 1.29 is 9.94 Å². The highest BCUT2D eigenvalue weighted by Gasteiger charge is 2.26. The zero-order valence-corrected chi connectivity index (χ0v) is 9.15. The first-order valence-electron chi connectivity index (χ1n) is 5.40. The van der Waals surface area contributed by atoms with Crippen molar-refractivity contribution >= 4 is 0 Å². The van der Waals surface area contributed by atoms with E-state index in [0.29, 0.717) is 18.6 Å². The predicted molar refractivity (Wildman–Crippen MR) is 55.6 cm³/mol. The maximum atomic E-state index is 9.59. The summed E-state index contributed by atoms with van der Waals surface area (Å²) < 4.78 is 0. The van der Waals surface area contributed by atoms with Crippen LogP contribution >= 0.6 is 0 Å². The van der Waals surface area contributed by atoms with E-state index in [-0.39, 0.29) is 6.61 Å². The molecule has 0 saturated carbocycles. The number of piperidine rings is 1. The van der Waals surface area contributed by atoms with Crippen LogP contribution in [-0.2, 0) is 4.84 Å². The first kappa shape index (κ1) is 11.9.